The minimum absolute atomic E-state index is 0.102. The Bertz CT molecular complexity index is 1060. The third-order valence-electron chi connectivity index (χ3n) is 6.98. The SMILES string of the molecule is Cc1ccc(NC(=S)NCC2(C)CC(NC(=S)Nc3ccc(C)c(C)c3)CC(C)(C)C2)cc1C. The van der Waals surface area contributed by atoms with Gasteiger partial charge in [-0.25, -0.2) is 0 Å². The van der Waals surface area contributed by atoms with Crippen LogP contribution in [0, 0.1) is 38.5 Å². The number of aryl methyl sites for hydroxylation is 4. The smallest absolute Gasteiger partial charge is 0.170 e. The predicted molar refractivity (Wildman–Crippen MR) is 155 cm³/mol. The highest BCUT2D eigenvalue weighted by Crippen LogP contribution is 2.45. The summed E-state index contributed by atoms with van der Waals surface area (Å²) in [5.74, 6) is 0. The lowest BCUT2D eigenvalue weighted by molar-refractivity contribution is 0.0807. The zero-order valence-electron chi connectivity index (χ0n) is 21.7. The maximum Gasteiger partial charge on any atom is 0.170 e. The van der Waals surface area contributed by atoms with Crippen LogP contribution in [0.4, 0.5) is 11.4 Å². The second-order valence-corrected chi connectivity index (χ2v) is 12.1. The molecule has 0 aromatic heterocycles. The molecule has 2 atom stereocenters. The Morgan fingerprint density at radius 2 is 1.32 bits per heavy atom. The summed E-state index contributed by atoms with van der Waals surface area (Å²) < 4.78 is 0. The van der Waals surface area contributed by atoms with E-state index < -0.39 is 0 Å². The van der Waals surface area contributed by atoms with Crippen molar-refractivity contribution in [2.24, 2.45) is 10.8 Å². The van der Waals surface area contributed by atoms with Crippen molar-refractivity contribution < 1.29 is 0 Å². The molecule has 0 heterocycles. The van der Waals surface area contributed by atoms with Gasteiger partial charge in [-0.3, -0.25) is 0 Å². The minimum atomic E-state index is 0.102. The second-order valence-electron chi connectivity index (χ2n) is 11.3. The van der Waals surface area contributed by atoms with E-state index in [1.54, 1.807) is 0 Å². The number of anilines is 2. The summed E-state index contributed by atoms with van der Waals surface area (Å²) in [6.07, 6.45) is 3.25. The van der Waals surface area contributed by atoms with Gasteiger partial charge in [0.15, 0.2) is 10.2 Å². The molecule has 6 heteroatoms. The lowest BCUT2D eigenvalue weighted by atomic mass is 9.62. The van der Waals surface area contributed by atoms with Crippen molar-refractivity contribution >= 4 is 46.0 Å². The standard InChI is InChI=1S/C28H40N4S2/c1-18-8-10-22(12-20(18)3)30-25(33)29-17-28(7)15-24(14-27(5,6)16-28)32-26(34)31-23-11-9-19(2)21(4)13-23/h8-13,24H,14-17H2,1-7H3,(H2,29,30,33)(H2,31,32,34). The first-order valence-electron chi connectivity index (χ1n) is 12.1. The summed E-state index contributed by atoms with van der Waals surface area (Å²) in [4.78, 5) is 0. The first-order valence-corrected chi connectivity index (χ1v) is 12.9. The summed E-state index contributed by atoms with van der Waals surface area (Å²) in [5, 5.41) is 15.1. The van der Waals surface area contributed by atoms with Crippen LogP contribution in [0.1, 0.15) is 62.3 Å². The zero-order valence-corrected chi connectivity index (χ0v) is 23.3. The van der Waals surface area contributed by atoms with Crippen molar-refractivity contribution in [2.75, 3.05) is 17.2 Å². The fourth-order valence-electron chi connectivity index (χ4n) is 5.33. The lowest BCUT2D eigenvalue weighted by Crippen LogP contribution is -2.51. The van der Waals surface area contributed by atoms with Crippen molar-refractivity contribution in [1.29, 1.82) is 0 Å². The quantitative estimate of drug-likeness (QED) is 0.342. The summed E-state index contributed by atoms with van der Waals surface area (Å²) in [6, 6.07) is 13.0. The largest absolute Gasteiger partial charge is 0.362 e. The molecule has 2 aromatic rings. The third-order valence-corrected chi connectivity index (χ3v) is 7.45. The van der Waals surface area contributed by atoms with Crippen molar-refractivity contribution in [3.8, 4) is 0 Å². The fourth-order valence-corrected chi connectivity index (χ4v) is 5.80. The van der Waals surface area contributed by atoms with Gasteiger partial charge in [0, 0.05) is 24.0 Å². The van der Waals surface area contributed by atoms with Gasteiger partial charge in [0.25, 0.3) is 0 Å². The number of hydrogen-bond donors (Lipinski definition) is 4. The van der Waals surface area contributed by atoms with E-state index in [1.165, 1.54) is 22.3 Å². The van der Waals surface area contributed by atoms with E-state index in [4.69, 9.17) is 24.4 Å². The van der Waals surface area contributed by atoms with Crippen molar-refractivity contribution in [2.45, 2.75) is 73.8 Å². The van der Waals surface area contributed by atoms with Gasteiger partial charge < -0.3 is 21.3 Å². The van der Waals surface area contributed by atoms with E-state index in [0.29, 0.717) is 16.3 Å². The van der Waals surface area contributed by atoms with Crippen LogP contribution in [0.15, 0.2) is 36.4 Å². The van der Waals surface area contributed by atoms with Crippen molar-refractivity contribution in [1.82, 2.24) is 10.6 Å². The molecule has 0 spiro atoms. The summed E-state index contributed by atoms with van der Waals surface area (Å²) in [5.41, 5.74) is 7.45. The molecule has 34 heavy (non-hydrogen) atoms. The molecule has 4 nitrogen and oxygen atoms in total. The Balaban J connectivity index is 1.58. The summed E-state index contributed by atoms with van der Waals surface area (Å²) in [6.45, 7) is 16.4. The molecule has 0 aliphatic heterocycles. The van der Waals surface area contributed by atoms with Gasteiger partial charge in [-0.1, -0.05) is 32.9 Å². The maximum atomic E-state index is 5.67. The first kappa shape index (κ1) is 26.4. The van der Waals surface area contributed by atoms with Crippen LogP contribution in [0.5, 0.6) is 0 Å². The Labute approximate surface area is 216 Å². The number of benzene rings is 2. The molecular weight excluding hydrogens is 456 g/mol. The predicted octanol–water partition coefficient (Wildman–Crippen LogP) is 6.78. The van der Waals surface area contributed by atoms with E-state index in [2.05, 4.69) is 106 Å². The van der Waals surface area contributed by atoms with Gasteiger partial charge in [0.05, 0.1) is 0 Å². The van der Waals surface area contributed by atoms with Gasteiger partial charge in [-0.15, -0.1) is 0 Å². The van der Waals surface area contributed by atoms with E-state index in [1.807, 2.05) is 0 Å². The van der Waals surface area contributed by atoms with E-state index in [0.717, 1.165) is 37.2 Å². The van der Waals surface area contributed by atoms with Gasteiger partial charge in [-0.05, 0) is 129 Å². The van der Waals surface area contributed by atoms with Crippen molar-refractivity contribution in [3.05, 3.63) is 58.7 Å². The molecule has 0 radical (unpaired) electrons. The molecule has 2 aromatic carbocycles. The molecule has 184 valence electrons. The molecule has 3 rings (SSSR count). The minimum Gasteiger partial charge on any atom is -0.362 e. The number of thiocarbonyl (C=S) groups is 2. The fraction of sp³-hybridized carbons (Fsp3) is 0.500. The van der Waals surface area contributed by atoms with Crippen LogP contribution in [0.3, 0.4) is 0 Å². The normalized spacial score (nSPS) is 21.4. The molecular formula is C28H40N4S2. The topological polar surface area (TPSA) is 48.1 Å². The molecule has 1 aliphatic rings. The van der Waals surface area contributed by atoms with Gasteiger partial charge >= 0.3 is 0 Å². The van der Waals surface area contributed by atoms with Crippen LogP contribution in [0.2, 0.25) is 0 Å². The number of rotatable bonds is 5. The van der Waals surface area contributed by atoms with Crippen molar-refractivity contribution in [3.63, 3.8) is 0 Å². The average Bonchev–Trinajstić information content (AvgIpc) is 2.70. The van der Waals surface area contributed by atoms with Gasteiger partial charge in [-0.2, -0.15) is 0 Å². The van der Waals surface area contributed by atoms with Crippen LogP contribution >= 0.6 is 24.4 Å². The highest BCUT2D eigenvalue weighted by Gasteiger charge is 2.41. The molecule has 1 saturated carbocycles. The van der Waals surface area contributed by atoms with Gasteiger partial charge in [0.1, 0.15) is 0 Å². The molecule has 0 bridgehead atoms. The van der Waals surface area contributed by atoms with Crippen LogP contribution < -0.4 is 21.3 Å². The van der Waals surface area contributed by atoms with Crippen LogP contribution in [-0.4, -0.2) is 22.8 Å². The number of hydrogen-bond acceptors (Lipinski definition) is 2. The number of nitrogens with one attached hydrogen (secondary N) is 4. The van der Waals surface area contributed by atoms with E-state index in [-0.39, 0.29) is 10.8 Å². The molecule has 1 aliphatic carbocycles. The summed E-state index contributed by atoms with van der Waals surface area (Å²) >= 11 is 11.3. The second kappa shape index (κ2) is 10.6. The van der Waals surface area contributed by atoms with Gasteiger partial charge in [0.2, 0.25) is 0 Å². The Kier molecular flexibility index (Phi) is 8.25. The maximum absolute atomic E-state index is 5.67. The van der Waals surface area contributed by atoms with E-state index in [9.17, 15) is 0 Å². The molecule has 0 amide bonds. The molecule has 1 fully saturated rings. The Morgan fingerprint density at radius 1 is 0.794 bits per heavy atom. The first-order chi connectivity index (χ1) is 15.8. The Hall–Kier alpha value is -2.18. The third kappa shape index (κ3) is 7.41. The molecule has 0 saturated heterocycles. The zero-order chi connectivity index (χ0) is 25.1. The highest BCUT2D eigenvalue weighted by molar-refractivity contribution is 7.80. The van der Waals surface area contributed by atoms with Crippen LogP contribution in [-0.2, 0) is 0 Å². The molecule has 2 unspecified atom stereocenters. The molecule has 4 N–H and O–H groups in total. The van der Waals surface area contributed by atoms with Crippen LogP contribution in [0.25, 0.3) is 0 Å². The van der Waals surface area contributed by atoms with E-state index >= 15 is 0 Å². The highest BCUT2D eigenvalue weighted by atomic mass is 32.1. The monoisotopic (exact) mass is 496 g/mol. The lowest BCUT2D eigenvalue weighted by Gasteiger charge is -2.47. The Morgan fingerprint density at radius 3 is 1.85 bits per heavy atom. The summed E-state index contributed by atoms with van der Waals surface area (Å²) in [7, 11) is 0. The average molecular weight is 497 g/mol.